The van der Waals surface area contributed by atoms with Crippen molar-refractivity contribution in [1.29, 1.82) is 10.5 Å². The molecule has 4 nitrogen and oxygen atoms in total. The predicted octanol–water partition coefficient (Wildman–Crippen LogP) is 4.38. The van der Waals surface area contributed by atoms with Gasteiger partial charge < -0.3 is 0 Å². The van der Waals surface area contributed by atoms with Crippen LogP contribution in [0.1, 0.15) is 66.2 Å². The molecule has 0 heterocycles. The lowest BCUT2D eigenvalue weighted by molar-refractivity contribution is 0.409. The van der Waals surface area contributed by atoms with Crippen LogP contribution in [0.25, 0.3) is 0 Å². The van der Waals surface area contributed by atoms with E-state index in [1.54, 1.807) is 6.92 Å². The fourth-order valence-electron chi connectivity index (χ4n) is 1.50. The fraction of sp³-hybridized carbons (Fsp3) is 0.857. The standard InChI is InChI=1S/C14H24N4/c1-5-8-9-10-14(7-3,12-16)18-17-13(4,6-2)11-15/h5-10H2,1-4H3/b18-17+. The van der Waals surface area contributed by atoms with Crippen LogP contribution in [0.5, 0.6) is 0 Å². The van der Waals surface area contributed by atoms with E-state index in [4.69, 9.17) is 5.26 Å². The van der Waals surface area contributed by atoms with Crippen LogP contribution in [0.2, 0.25) is 0 Å². The zero-order chi connectivity index (χ0) is 14.1. The van der Waals surface area contributed by atoms with Crippen molar-refractivity contribution < 1.29 is 0 Å². The Balaban J connectivity index is 4.87. The highest BCUT2D eigenvalue weighted by molar-refractivity contribution is 5.08. The molecule has 4 heteroatoms. The van der Waals surface area contributed by atoms with Crippen molar-refractivity contribution in [3.8, 4) is 12.1 Å². The molecule has 0 saturated carbocycles. The van der Waals surface area contributed by atoms with Crippen LogP contribution in [-0.4, -0.2) is 11.1 Å². The van der Waals surface area contributed by atoms with Gasteiger partial charge in [-0.1, -0.05) is 33.6 Å². The maximum absolute atomic E-state index is 9.33. The summed E-state index contributed by atoms with van der Waals surface area (Å²) in [6.07, 6.45) is 5.17. The van der Waals surface area contributed by atoms with E-state index in [2.05, 4.69) is 29.3 Å². The minimum absolute atomic E-state index is 0.604. The minimum Gasteiger partial charge on any atom is -0.196 e. The molecule has 0 aromatic rings. The largest absolute Gasteiger partial charge is 0.196 e. The van der Waals surface area contributed by atoms with Crippen LogP contribution in [0, 0.1) is 22.7 Å². The predicted molar refractivity (Wildman–Crippen MR) is 71.9 cm³/mol. The van der Waals surface area contributed by atoms with E-state index in [1.165, 1.54) is 0 Å². The molecule has 0 aromatic carbocycles. The van der Waals surface area contributed by atoms with Crippen molar-refractivity contribution in [3.05, 3.63) is 0 Å². The average Bonchev–Trinajstić information content (AvgIpc) is 2.42. The summed E-state index contributed by atoms with van der Waals surface area (Å²) in [5.41, 5.74) is -1.55. The van der Waals surface area contributed by atoms with E-state index in [9.17, 15) is 5.26 Å². The number of hydrogen-bond acceptors (Lipinski definition) is 4. The first kappa shape index (κ1) is 16.6. The number of hydrogen-bond donors (Lipinski definition) is 0. The molecule has 0 aromatic heterocycles. The van der Waals surface area contributed by atoms with E-state index < -0.39 is 11.1 Å². The first-order valence-electron chi connectivity index (χ1n) is 6.78. The molecular formula is C14H24N4. The molecular weight excluding hydrogens is 224 g/mol. The molecule has 0 spiro atoms. The molecule has 100 valence electrons. The van der Waals surface area contributed by atoms with Crippen molar-refractivity contribution >= 4 is 0 Å². The van der Waals surface area contributed by atoms with Crippen molar-refractivity contribution in [2.75, 3.05) is 0 Å². The molecule has 18 heavy (non-hydrogen) atoms. The summed E-state index contributed by atoms with van der Waals surface area (Å²) in [6, 6.07) is 4.42. The summed E-state index contributed by atoms with van der Waals surface area (Å²) < 4.78 is 0. The van der Waals surface area contributed by atoms with Gasteiger partial charge in [-0.3, -0.25) is 0 Å². The van der Waals surface area contributed by atoms with E-state index in [1.807, 2.05) is 13.8 Å². The molecule has 0 rings (SSSR count). The first-order valence-corrected chi connectivity index (χ1v) is 6.78. The van der Waals surface area contributed by atoms with Gasteiger partial charge in [-0.2, -0.15) is 20.8 Å². The zero-order valence-electron chi connectivity index (χ0n) is 12.0. The van der Waals surface area contributed by atoms with Gasteiger partial charge in [0.2, 0.25) is 0 Å². The first-order chi connectivity index (χ1) is 8.51. The lowest BCUT2D eigenvalue weighted by Crippen LogP contribution is -2.25. The normalized spacial score (nSPS) is 17.7. The topological polar surface area (TPSA) is 72.3 Å². The lowest BCUT2D eigenvalue weighted by atomic mass is 9.92. The van der Waals surface area contributed by atoms with Gasteiger partial charge >= 0.3 is 0 Å². The third-order valence-corrected chi connectivity index (χ3v) is 3.38. The molecule has 0 aliphatic carbocycles. The van der Waals surface area contributed by atoms with E-state index >= 15 is 0 Å². The molecule has 0 N–H and O–H groups in total. The monoisotopic (exact) mass is 248 g/mol. The van der Waals surface area contributed by atoms with Gasteiger partial charge in [-0.05, 0) is 32.6 Å². The van der Waals surface area contributed by atoms with Crippen molar-refractivity contribution in [1.82, 2.24) is 0 Å². The highest BCUT2D eigenvalue weighted by atomic mass is 15.2. The Kier molecular flexibility index (Phi) is 7.20. The third kappa shape index (κ3) is 4.84. The maximum Gasteiger partial charge on any atom is 0.167 e. The molecule has 0 saturated heterocycles. The Bertz CT molecular complexity index is 350. The number of rotatable bonds is 8. The Morgan fingerprint density at radius 1 is 0.944 bits per heavy atom. The second kappa shape index (κ2) is 7.82. The highest BCUT2D eigenvalue weighted by Gasteiger charge is 2.29. The van der Waals surface area contributed by atoms with Gasteiger partial charge in [-0.15, -0.1) is 0 Å². The smallest absolute Gasteiger partial charge is 0.167 e. The maximum atomic E-state index is 9.33. The number of nitrogens with zero attached hydrogens (tertiary/aromatic N) is 4. The Morgan fingerprint density at radius 2 is 1.61 bits per heavy atom. The summed E-state index contributed by atoms with van der Waals surface area (Å²) in [6.45, 7) is 7.73. The van der Waals surface area contributed by atoms with Gasteiger partial charge in [0.1, 0.15) is 0 Å². The molecule has 0 amide bonds. The SMILES string of the molecule is CCCCCC(C#N)(CC)/N=N/C(C)(C#N)CC. The third-order valence-electron chi connectivity index (χ3n) is 3.38. The van der Waals surface area contributed by atoms with Crippen molar-refractivity contribution in [2.24, 2.45) is 10.2 Å². The Hall–Kier alpha value is -1.42. The average molecular weight is 248 g/mol. The van der Waals surface area contributed by atoms with Crippen molar-refractivity contribution in [2.45, 2.75) is 77.3 Å². The van der Waals surface area contributed by atoms with E-state index in [-0.39, 0.29) is 0 Å². The van der Waals surface area contributed by atoms with Crippen molar-refractivity contribution in [3.63, 3.8) is 0 Å². The van der Waals surface area contributed by atoms with Gasteiger partial charge in [-0.25, -0.2) is 0 Å². The van der Waals surface area contributed by atoms with Crippen LogP contribution in [0.4, 0.5) is 0 Å². The number of unbranched alkanes of at least 4 members (excludes halogenated alkanes) is 2. The molecule has 0 aliphatic heterocycles. The molecule has 0 fully saturated rings. The minimum atomic E-state index is -0.804. The second-order valence-corrected chi connectivity index (χ2v) is 4.89. The lowest BCUT2D eigenvalue weighted by Gasteiger charge is -2.21. The summed E-state index contributed by atoms with van der Waals surface area (Å²) in [7, 11) is 0. The van der Waals surface area contributed by atoms with Crippen LogP contribution >= 0.6 is 0 Å². The quantitative estimate of drug-likeness (QED) is 0.472. The van der Waals surface area contributed by atoms with Crippen LogP contribution in [0.3, 0.4) is 0 Å². The molecule has 0 aliphatic rings. The van der Waals surface area contributed by atoms with Gasteiger partial charge in [0.15, 0.2) is 11.1 Å². The van der Waals surface area contributed by atoms with Crippen LogP contribution in [0.15, 0.2) is 10.2 Å². The summed E-state index contributed by atoms with van der Waals surface area (Å²) in [5.74, 6) is 0. The van der Waals surface area contributed by atoms with Crippen LogP contribution < -0.4 is 0 Å². The fourth-order valence-corrected chi connectivity index (χ4v) is 1.50. The van der Waals surface area contributed by atoms with Crippen LogP contribution in [-0.2, 0) is 0 Å². The van der Waals surface area contributed by atoms with Gasteiger partial charge in [0, 0.05) is 0 Å². The Labute approximate surface area is 111 Å². The second-order valence-electron chi connectivity index (χ2n) is 4.89. The Morgan fingerprint density at radius 3 is 2.00 bits per heavy atom. The zero-order valence-corrected chi connectivity index (χ0v) is 12.0. The van der Waals surface area contributed by atoms with Gasteiger partial charge in [0.05, 0.1) is 12.1 Å². The van der Waals surface area contributed by atoms with E-state index in [0.717, 1.165) is 25.7 Å². The molecule has 2 unspecified atom stereocenters. The molecule has 0 bridgehead atoms. The highest BCUT2D eigenvalue weighted by Crippen LogP contribution is 2.26. The summed E-state index contributed by atoms with van der Waals surface area (Å²) in [5, 5.41) is 26.7. The van der Waals surface area contributed by atoms with Gasteiger partial charge in [0.25, 0.3) is 0 Å². The molecule has 2 atom stereocenters. The van der Waals surface area contributed by atoms with E-state index in [0.29, 0.717) is 12.8 Å². The number of nitriles is 2. The summed E-state index contributed by atoms with van der Waals surface area (Å²) in [4.78, 5) is 0. The molecule has 0 radical (unpaired) electrons. The number of azo groups is 1. The summed E-state index contributed by atoms with van der Waals surface area (Å²) >= 11 is 0.